The molecule has 0 atom stereocenters. The number of rotatable bonds is 5. The van der Waals surface area contributed by atoms with E-state index < -0.39 is 0 Å². The zero-order chi connectivity index (χ0) is 15.4. The van der Waals surface area contributed by atoms with Crippen LogP contribution in [0, 0.1) is 5.92 Å². The zero-order valence-electron chi connectivity index (χ0n) is 11.8. The summed E-state index contributed by atoms with van der Waals surface area (Å²) in [5.41, 5.74) is 1.06. The molecule has 0 radical (unpaired) electrons. The van der Waals surface area contributed by atoms with E-state index in [1.807, 2.05) is 26.0 Å². The van der Waals surface area contributed by atoms with Gasteiger partial charge in [0.25, 0.3) is 0 Å². The topological polar surface area (TPSA) is 42.0 Å². The van der Waals surface area contributed by atoms with Gasteiger partial charge in [-0.05, 0) is 23.6 Å². The van der Waals surface area contributed by atoms with Crippen LogP contribution in [0.25, 0.3) is 0 Å². The molecule has 0 aliphatic carbocycles. The molecule has 1 N–H and O–H groups in total. The lowest BCUT2D eigenvalue weighted by Crippen LogP contribution is -2.13. The Morgan fingerprint density at radius 1 is 1.33 bits per heavy atom. The molecule has 2 aromatic rings. The van der Waals surface area contributed by atoms with E-state index in [4.69, 9.17) is 23.2 Å². The average molecular weight is 343 g/mol. The first kappa shape index (κ1) is 16.3. The number of halogens is 2. The minimum atomic E-state index is 0.000405. The SMILES string of the molecule is CC(C)CC(=O)Nc1ncc(Cc2ccc(Cl)c(Cl)c2)s1. The van der Waals surface area contributed by atoms with Gasteiger partial charge >= 0.3 is 0 Å². The number of carbonyl (C=O) groups is 1. The van der Waals surface area contributed by atoms with Gasteiger partial charge in [-0.1, -0.05) is 43.1 Å². The maximum Gasteiger partial charge on any atom is 0.226 e. The van der Waals surface area contributed by atoms with Crippen LogP contribution in [0.1, 0.15) is 30.7 Å². The normalized spacial score (nSPS) is 10.9. The van der Waals surface area contributed by atoms with Crippen LogP contribution < -0.4 is 5.32 Å². The zero-order valence-corrected chi connectivity index (χ0v) is 14.1. The monoisotopic (exact) mass is 342 g/mol. The van der Waals surface area contributed by atoms with E-state index in [1.54, 1.807) is 12.3 Å². The largest absolute Gasteiger partial charge is 0.302 e. The number of nitrogens with zero attached hydrogens (tertiary/aromatic N) is 1. The maximum absolute atomic E-state index is 11.7. The lowest BCUT2D eigenvalue weighted by Gasteiger charge is -2.03. The van der Waals surface area contributed by atoms with Gasteiger partial charge in [0.1, 0.15) is 0 Å². The van der Waals surface area contributed by atoms with Crippen LogP contribution in [0.2, 0.25) is 10.0 Å². The first-order chi connectivity index (χ1) is 9.94. The van der Waals surface area contributed by atoms with E-state index in [9.17, 15) is 4.79 Å². The first-order valence-electron chi connectivity index (χ1n) is 6.62. The van der Waals surface area contributed by atoms with Crippen molar-refractivity contribution in [3.63, 3.8) is 0 Å². The molecular formula is C15H16Cl2N2OS. The smallest absolute Gasteiger partial charge is 0.226 e. The van der Waals surface area contributed by atoms with Gasteiger partial charge < -0.3 is 5.32 Å². The molecule has 2 rings (SSSR count). The Morgan fingerprint density at radius 3 is 2.76 bits per heavy atom. The van der Waals surface area contributed by atoms with Gasteiger partial charge in [0.2, 0.25) is 5.91 Å². The summed E-state index contributed by atoms with van der Waals surface area (Å²) in [5.74, 6) is 0.334. The Kier molecular flexibility index (Phi) is 5.62. The van der Waals surface area contributed by atoms with E-state index in [1.165, 1.54) is 11.3 Å². The van der Waals surface area contributed by atoms with Crippen LogP contribution in [0.4, 0.5) is 5.13 Å². The van der Waals surface area contributed by atoms with Crippen LogP contribution in [0.3, 0.4) is 0 Å². The first-order valence-corrected chi connectivity index (χ1v) is 8.19. The highest BCUT2D eigenvalue weighted by Crippen LogP contribution is 2.26. The Morgan fingerprint density at radius 2 is 2.10 bits per heavy atom. The van der Waals surface area contributed by atoms with E-state index in [0.29, 0.717) is 33.9 Å². The lowest BCUT2D eigenvalue weighted by atomic mass is 10.1. The molecule has 1 aromatic carbocycles. The summed E-state index contributed by atoms with van der Waals surface area (Å²) in [6, 6.07) is 5.57. The lowest BCUT2D eigenvalue weighted by molar-refractivity contribution is -0.116. The van der Waals surface area contributed by atoms with Crippen LogP contribution in [0.5, 0.6) is 0 Å². The number of hydrogen-bond donors (Lipinski definition) is 1. The van der Waals surface area contributed by atoms with Gasteiger partial charge in [-0.3, -0.25) is 4.79 Å². The number of aromatic nitrogens is 1. The second kappa shape index (κ2) is 7.25. The van der Waals surface area contributed by atoms with Crippen molar-refractivity contribution in [2.24, 2.45) is 5.92 Å². The minimum absolute atomic E-state index is 0.000405. The van der Waals surface area contributed by atoms with Crippen molar-refractivity contribution in [1.82, 2.24) is 4.98 Å². The van der Waals surface area contributed by atoms with Gasteiger partial charge in [-0.25, -0.2) is 4.98 Å². The molecule has 0 aliphatic heterocycles. The molecule has 0 saturated carbocycles. The van der Waals surface area contributed by atoms with Crippen LogP contribution in [-0.2, 0) is 11.2 Å². The van der Waals surface area contributed by atoms with E-state index in [2.05, 4.69) is 10.3 Å². The summed E-state index contributed by atoms with van der Waals surface area (Å²) in [6.45, 7) is 4.02. The van der Waals surface area contributed by atoms with E-state index in [0.717, 1.165) is 10.4 Å². The highest BCUT2D eigenvalue weighted by atomic mass is 35.5. The van der Waals surface area contributed by atoms with Gasteiger partial charge in [-0.2, -0.15) is 0 Å². The fraction of sp³-hybridized carbons (Fsp3) is 0.333. The molecule has 1 aromatic heterocycles. The molecule has 0 spiro atoms. The Labute approximate surface area is 138 Å². The van der Waals surface area contributed by atoms with Crippen LogP contribution in [-0.4, -0.2) is 10.9 Å². The number of hydrogen-bond acceptors (Lipinski definition) is 3. The predicted molar refractivity (Wildman–Crippen MR) is 89.5 cm³/mol. The summed E-state index contributed by atoms with van der Waals surface area (Å²) in [5, 5.41) is 4.55. The number of anilines is 1. The number of carbonyl (C=O) groups excluding carboxylic acids is 1. The molecule has 112 valence electrons. The Bertz CT molecular complexity index is 640. The van der Waals surface area contributed by atoms with E-state index >= 15 is 0 Å². The van der Waals surface area contributed by atoms with Gasteiger partial charge in [-0.15, -0.1) is 11.3 Å². The number of amides is 1. The van der Waals surface area contributed by atoms with Crippen molar-refractivity contribution >= 4 is 45.6 Å². The molecule has 0 fully saturated rings. The van der Waals surface area contributed by atoms with Crippen molar-refractivity contribution < 1.29 is 4.79 Å². The van der Waals surface area contributed by atoms with Crippen molar-refractivity contribution in [2.75, 3.05) is 5.32 Å². The number of nitrogens with one attached hydrogen (secondary N) is 1. The molecule has 1 amide bonds. The highest BCUT2D eigenvalue weighted by Gasteiger charge is 2.09. The molecule has 6 heteroatoms. The van der Waals surface area contributed by atoms with Crippen molar-refractivity contribution in [3.8, 4) is 0 Å². The fourth-order valence-corrected chi connectivity index (χ4v) is 3.02. The predicted octanol–water partition coefficient (Wildman–Crippen LogP) is 5.03. The molecule has 21 heavy (non-hydrogen) atoms. The highest BCUT2D eigenvalue weighted by molar-refractivity contribution is 7.15. The third-order valence-electron chi connectivity index (χ3n) is 2.76. The summed E-state index contributed by atoms with van der Waals surface area (Å²) in [4.78, 5) is 17.0. The quantitative estimate of drug-likeness (QED) is 0.828. The summed E-state index contributed by atoms with van der Waals surface area (Å²) in [6.07, 6.45) is 2.99. The maximum atomic E-state index is 11.7. The summed E-state index contributed by atoms with van der Waals surface area (Å²) < 4.78 is 0. The third-order valence-corrected chi connectivity index (χ3v) is 4.41. The van der Waals surface area contributed by atoms with Crippen molar-refractivity contribution in [2.45, 2.75) is 26.7 Å². The van der Waals surface area contributed by atoms with Gasteiger partial charge in [0, 0.05) is 23.9 Å². The number of benzene rings is 1. The molecule has 0 saturated heterocycles. The molecule has 3 nitrogen and oxygen atoms in total. The van der Waals surface area contributed by atoms with Gasteiger partial charge in [0.15, 0.2) is 5.13 Å². The third kappa shape index (κ3) is 4.99. The second-order valence-electron chi connectivity index (χ2n) is 5.20. The molecule has 0 bridgehead atoms. The summed E-state index contributed by atoms with van der Waals surface area (Å²) in [7, 11) is 0. The van der Waals surface area contributed by atoms with Crippen LogP contribution in [0.15, 0.2) is 24.4 Å². The molecule has 0 aliphatic rings. The molecule has 0 unspecified atom stereocenters. The molecular weight excluding hydrogens is 327 g/mol. The average Bonchev–Trinajstić information content (AvgIpc) is 2.80. The van der Waals surface area contributed by atoms with Crippen molar-refractivity contribution in [1.29, 1.82) is 0 Å². The van der Waals surface area contributed by atoms with Gasteiger partial charge in [0.05, 0.1) is 10.0 Å². The standard InChI is InChI=1S/C15H16Cl2N2OS/c1-9(2)5-14(20)19-15-18-8-11(21-15)6-10-3-4-12(16)13(17)7-10/h3-4,7-9H,5-6H2,1-2H3,(H,18,19,20). The van der Waals surface area contributed by atoms with E-state index in [-0.39, 0.29) is 5.91 Å². The minimum Gasteiger partial charge on any atom is -0.302 e. The fourth-order valence-electron chi connectivity index (χ4n) is 1.84. The Hall–Kier alpha value is -1.10. The van der Waals surface area contributed by atoms with Crippen molar-refractivity contribution in [3.05, 3.63) is 44.9 Å². The Balaban J connectivity index is 1.99. The number of thiazole rings is 1. The summed E-state index contributed by atoms with van der Waals surface area (Å²) >= 11 is 13.4. The second-order valence-corrected chi connectivity index (χ2v) is 7.13. The van der Waals surface area contributed by atoms with Crippen LogP contribution >= 0.6 is 34.5 Å². The molecule has 1 heterocycles.